The monoisotopic (exact) mass is 380 g/mol. The average Bonchev–Trinajstić information content (AvgIpc) is 3.02. The highest BCUT2D eigenvalue weighted by atomic mass is 16.5. The van der Waals surface area contributed by atoms with Crippen LogP contribution in [0, 0.1) is 12.3 Å². The van der Waals surface area contributed by atoms with Crippen molar-refractivity contribution in [2.24, 2.45) is 10.5 Å². The van der Waals surface area contributed by atoms with E-state index in [-0.39, 0.29) is 17.4 Å². The van der Waals surface area contributed by atoms with Crippen LogP contribution in [0.25, 0.3) is 0 Å². The van der Waals surface area contributed by atoms with E-state index in [0.717, 1.165) is 40.3 Å². The molecule has 28 heavy (non-hydrogen) atoms. The van der Waals surface area contributed by atoms with Crippen molar-refractivity contribution in [3.8, 4) is 11.5 Å². The Kier molecular flexibility index (Phi) is 5.45. The smallest absolute Gasteiger partial charge is 0.240 e. The standard InChI is InChI=1S/C23H28N2O3/c1-7-23(4)21(20-14-19(28-6)11-8-15(20)2)24-25(16(3)26)22(23)17-9-12-18(27-5)13-10-17/h8-14,22H,7H2,1-6H3/t22-,23?/m0/s1. The summed E-state index contributed by atoms with van der Waals surface area (Å²) in [6.07, 6.45) is 0.836. The number of ether oxygens (including phenoxy) is 2. The molecule has 1 heterocycles. The SMILES string of the molecule is CCC1(C)C(c2cc(OC)ccc2C)=NN(C(C)=O)[C@H]1c1ccc(OC)cc1. The number of hydrogen-bond acceptors (Lipinski definition) is 4. The van der Waals surface area contributed by atoms with E-state index in [2.05, 4.69) is 20.8 Å². The molecule has 2 aromatic rings. The highest BCUT2D eigenvalue weighted by molar-refractivity contribution is 6.08. The van der Waals surface area contributed by atoms with E-state index >= 15 is 0 Å². The fourth-order valence-corrected chi connectivity index (χ4v) is 3.93. The van der Waals surface area contributed by atoms with E-state index in [1.807, 2.05) is 42.5 Å². The van der Waals surface area contributed by atoms with Gasteiger partial charge in [-0.2, -0.15) is 5.10 Å². The molecular weight excluding hydrogens is 352 g/mol. The maximum absolute atomic E-state index is 12.5. The van der Waals surface area contributed by atoms with Crippen molar-refractivity contribution >= 4 is 11.6 Å². The maximum Gasteiger partial charge on any atom is 0.240 e. The summed E-state index contributed by atoms with van der Waals surface area (Å²) in [6.45, 7) is 7.96. The molecule has 1 unspecified atom stereocenters. The van der Waals surface area contributed by atoms with Gasteiger partial charge in [-0.15, -0.1) is 0 Å². The van der Waals surface area contributed by atoms with Gasteiger partial charge in [-0.25, -0.2) is 5.01 Å². The number of aryl methyl sites for hydroxylation is 1. The molecular formula is C23H28N2O3. The van der Waals surface area contributed by atoms with Gasteiger partial charge in [0, 0.05) is 17.9 Å². The topological polar surface area (TPSA) is 51.1 Å². The zero-order valence-corrected chi connectivity index (χ0v) is 17.4. The largest absolute Gasteiger partial charge is 0.497 e. The summed E-state index contributed by atoms with van der Waals surface area (Å²) in [5, 5.41) is 6.46. The summed E-state index contributed by atoms with van der Waals surface area (Å²) in [5.41, 5.74) is 3.75. The van der Waals surface area contributed by atoms with Crippen molar-refractivity contribution in [1.82, 2.24) is 5.01 Å². The van der Waals surface area contributed by atoms with Gasteiger partial charge in [-0.05, 0) is 48.7 Å². The Bertz CT molecular complexity index is 905. The molecule has 0 saturated carbocycles. The minimum absolute atomic E-state index is 0.0731. The number of carbonyl (C=O) groups is 1. The van der Waals surface area contributed by atoms with E-state index in [1.54, 1.807) is 26.2 Å². The first kappa shape index (κ1) is 19.9. The number of benzene rings is 2. The first-order valence-electron chi connectivity index (χ1n) is 9.53. The molecule has 2 atom stereocenters. The Morgan fingerprint density at radius 1 is 1.11 bits per heavy atom. The summed E-state index contributed by atoms with van der Waals surface area (Å²) in [6, 6.07) is 13.7. The molecule has 0 saturated heterocycles. The van der Waals surface area contributed by atoms with Gasteiger partial charge in [0.15, 0.2) is 0 Å². The van der Waals surface area contributed by atoms with Gasteiger partial charge in [0.2, 0.25) is 5.91 Å². The lowest BCUT2D eigenvalue weighted by atomic mass is 9.71. The van der Waals surface area contributed by atoms with Crippen LogP contribution in [0.3, 0.4) is 0 Å². The zero-order chi connectivity index (χ0) is 20.5. The third-order valence-electron chi connectivity index (χ3n) is 5.79. The number of methoxy groups -OCH3 is 2. The lowest BCUT2D eigenvalue weighted by Gasteiger charge is -2.35. The van der Waals surface area contributed by atoms with Crippen LogP contribution in [0.15, 0.2) is 47.6 Å². The Morgan fingerprint density at radius 3 is 2.25 bits per heavy atom. The predicted octanol–water partition coefficient (Wildman–Crippen LogP) is 4.74. The molecule has 5 nitrogen and oxygen atoms in total. The van der Waals surface area contributed by atoms with Crippen molar-refractivity contribution in [3.63, 3.8) is 0 Å². The third-order valence-corrected chi connectivity index (χ3v) is 5.79. The molecule has 0 spiro atoms. The van der Waals surface area contributed by atoms with Crippen LogP contribution in [0.5, 0.6) is 11.5 Å². The molecule has 0 aromatic heterocycles. The Hall–Kier alpha value is -2.82. The van der Waals surface area contributed by atoms with Crippen molar-refractivity contribution < 1.29 is 14.3 Å². The molecule has 1 aliphatic heterocycles. The molecule has 0 radical (unpaired) electrons. The molecule has 5 heteroatoms. The lowest BCUT2D eigenvalue weighted by Crippen LogP contribution is -2.36. The van der Waals surface area contributed by atoms with Crippen LogP contribution in [0.4, 0.5) is 0 Å². The highest BCUT2D eigenvalue weighted by Crippen LogP contribution is 2.49. The summed E-state index contributed by atoms with van der Waals surface area (Å²) in [4.78, 5) is 12.5. The van der Waals surface area contributed by atoms with Crippen molar-refractivity contribution in [1.29, 1.82) is 0 Å². The minimum atomic E-state index is -0.336. The van der Waals surface area contributed by atoms with Gasteiger partial charge in [0.05, 0.1) is 26.0 Å². The normalized spacial score (nSPS) is 21.4. The Labute approximate surface area is 167 Å². The summed E-state index contributed by atoms with van der Waals surface area (Å²) < 4.78 is 10.7. The molecule has 148 valence electrons. The fourth-order valence-electron chi connectivity index (χ4n) is 3.93. The lowest BCUT2D eigenvalue weighted by molar-refractivity contribution is -0.132. The van der Waals surface area contributed by atoms with Gasteiger partial charge in [-0.3, -0.25) is 4.79 Å². The highest BCUT2D eigenvalue weighted by Gasteiger charge is 2.49. The molecule has 0 N–H and O–H groups in total. The van der Waals surface area contributed by atoms with Crippen LogP contribution < -0.4 is 9.47 Å². The number of rotatable bonds is 5. The summed E-state index contributed by atoms with van der Waals surface area (Å²) >= 11 is 0. The average molecular weight is 380 g/mol. The van der Waals surface area contributed by atoms with Crippen LogP contribution in [-0.4, -0.2) is 30.8 Å². The molecule has 3 rings (SSSR count). The molecule has 1 aliphatic rings. The number of amides is 1. The number of nitrogens with zero attached hydrogens (tertiary/aromatic N) is 2. The first-order chi connectivity index (χ1) is 13.3. The van der Waals surface area contributed by atoms with E-state index in [0.29, 0.717) is 0 Å². The van der Waals surface area contributed by atoms with Gasteiger partial charge in [0.1, 0.15) is 11.5 Å². The number of hydrazone groups is 1. The predicted molar refractivity (Wildman–Crippen MR) is 111 cm³/mol. The quantitative estimate of drug-likeness (QED) is 0.753. The number of hydrogen-bond donors (Lipinski definition) is 0. The molecule has 0 aliphatic carbocycles. The van der Waals surface area contributed by atoms with Gasteiger partial charge in [-0.1, -0.05) is 32.0 Å². The van der Waals surface area contributed by atoms with Gasteiger partial charge in [0.25, 0.3) is 0 Å². The summed E-state index contributed by atoms with van der Waals surface area (Å²) in [7, 11) is 3.31. The molecule has 0 fully saturated rings. The van der Waals surface area contributed by atoms with Crippen molar-refractivity contribution in [2.45, 2.75) is 40.2 Å². The minimum Gasteiger partial charge on any atom is -0.497 e. The maximum atomic E-state index is 12.5. The first-order valence-corrected chi connectivity index (χ1v) is 9.53. The van der Waals surface area contributed by atoms with Crippen molar-refractivity contribution in [2.75, 3.05) is 14.2 Å². The number of carbonyl (C=O) groups excluding carboxylic acids is 1. The van der Waals surface area contributed by atoms with Crippen LogP contribution in [-0.2, 0) is 4.79 Å². The van der Waals surface area contributed by atoms with Crippen LogP contribution in [0.2, 0.25) is 0 Å². The van der Waals surface area contributed by atoms with Gasteiger partial charge < -0.3 is 9.47 Å². The van der Waals surface area contributed by atoms with Crippen molar-refractivity contribution in [3.05, 3.63) is 59.2 Å². The molecule has 2 aromatic carbocycles. The van der Waals surface area contributed by atoms with Crippen LogP contribution >= 0.6 is 0 Å². The van der Waals surface area contributed by atoms with E-state index in [9.17, 15) is 4.79 Å². The van der Waals surface area contributed by atoms with E-state index < -0.39 is 0 Å². The third kappa shape index (κ3) is 3.26. The van der Waals surface area contributed by atoms with E-state index in [4.69, 9.17) is 14.6 Å². The Morgan fingerprint density at radius 2 is 1.71 bits per heavy atom. The second-order valence-corrected chi connectivity index (χ2v) is 7.44. The zero-order valence-electron chi connectivity index (χ0n) is 17.4. The molecule has 1 amide bonds. The summed E-state index contributed by atoms with van der Waals surface area (Å²) in [5.74, 6) is 1.50. The fraction of sp³-hybridized carbons (Fsp3) is 0.391. The van der Waals surface area contributed by atoms with Crippen LogP contribution in [0.1, 0.15) is 49.9 Å². The second kappa shape index (κ2) is 7.66. The Balaban J connectivity index is 2.16. The second-order valence-electron chi connectivity index (χ2n) is 7.44. The van der Waals surface area contributed by atoms with Gasteiger partial charge >= 0.3 is 0 Å². The van der Waals surface area contributed by atoms with E-state index in [1.165, 1.54) is 0 Å². The molecule has 0 bridgehead atoms.